The Morgan fingerprint density at radius 2 is 2.28 bits per heavy atom. The molecule has 0 radical (unpaired) electrons. The van der Waals surface area contributed by atoms with Gasteiger partial charge < -0.3 is 20.7 Å². The van der Waals surface area contributed by atoms with Crippen LogP contribution in [0.25, 0.3) is 11.2 Å². The maximum Gasteiger partial charge on any atom is 0.167 e. The average molecular weight is 251 g/mol. The number of nitrogen functional groups attached to an aromatic ring is 1. The van der Waals surface area contributed by atoms with Gasteiger partial charge in [0.1, 0.15) is 17.9 Å². The minimum absolute atomic E-state index is 0.128. The summed E-state index contributed by atoms with van der Waals surface area (Å²) < 4.78 is 7.14. The largest absolute Gasteiger partial charge is 0.394 e. The van der Waals surface area contributed by atoms with E-state index in [0.717, 1.165) is 0 Å². The molecule has 3 heterocycles. The third-order valence-electron chi connectivity index (χ3n) is 3.03. The number of aliphatic hydroxyl groups is 2. The monoisotopic (exact) mass is 251 g/mol. The number of fused-ring (bicyclic) bond motifs is 1. The van der Waals surface area contributed by atoms with E-state index in [1.54, 1.807) is 4.57 Å². The van der Waals surface area contributed by atoms with E-state index < -0.39 is 12.3 Å². The number of aromatic nitrogens is 4. The Kier molecular flexibility index (Phi) is 2.62. The van der Waals surface area contributed by atoms with Gasteiger partial charge in [-0.2, -0.15) is 0 Å². The van der Waals surface area contributed by atoms with Crippen molar-refractivity contribution in [1.82, 2.24) is 19.5 Å². The fourth-order valence-corrected chi connectivity index (χ4v) is 2.15. The topological polar surface area (TPSA) is 119 Å². The van der Waals surface area contributed by atoms with Crippen LogP contribution in [0.3, 0.4) is 0 Å². The first-order valence-corrected chi connectivity index (χ1v) is 5.58. The number of hydrogen-bond acceptors (Lipinski definition) is 7. The number of imidazole rings is 1. The summed E-state index contributed by atoms with van der Waals surface area (Å²) >= 11 is 0. The molecule has 1 saturated heterocycles. The first kappa shape index (κ1) is 11.3. The van der Waals surface area contributed by atoms with Gasteiger partial charge in [-0.3, -0.25) is 4.57 Å². The molecule has 1 fully saturated rings. The van der Waals surface area contributed by atoms with Crippen LogP contribution in [0.2, 0.25) is 0 Å². The molecule has 1 aliphatic heterocycles. The predicted molar refractivity (Wildman–Crippen MR) is 61.4 cm³/mol. The van der Waals surface area contributed by atoms with E-state index in [9.17, 15) is 5.11 Å². The summed E-state index contributed by atoms with van der Waals surface area (Å²) in [6.45, 7) is -0.128. The molecule has 2 aromatic heterocycles. The van der Waals surface area contributed by atoms with E-state index in [2.05, 4.69) is 15.0 Å². The lowest BCUT2D eigenvalue weighted by atomic mass is 10.2. The SMILES string of the molecule is Nc1ncnc2c1ncn2[C@@H]1OC(CO)C[C@H]1O. The van der Waals surface area contributed by atoms with Crippen LogP contribution in [0, 0.1) is 0 Å². The third-order valence-corrected chi connectivity index (χ3v) is 3.03. The standard InChI is InChI=1S/C10H13N5O3/c11-8-7-9(13-3-12-8)15(4-14-7)10-6(17)1-5(2-16)18-10/h3-6,10,16-17H,1-2H2,(H2,11,12,13)/t5?,6-,10-/m1/s1. The molecule has 0 amide bonds. The van der Waals surface area contributed by atoms with Crippen molar-refractivity contribution in [3.63, 3.8) is 0 Å². The van der Waals surface area contributed by atoms with Crippen LogP contribution in [0.4, 0.5) is 5.82 Å². The molecular weight excluding hydrogens is 238 g/mol. The van der Waals surface area contributed by atoms with Crippen molar-refractivity contribution in [2.75, 3.05) is 12.3 Å². The molecule has 4 N–H and O–H groups in total. The maximum absolute atomic E-state index is 9.93. The van der Waals surface area contributed by atoms with Crippen LogP contribution >= 0.6 is 0 Å². The number of rotatable bonds is 2. The van der Waals surface area contributed by atoms with Gasteiger partial charge in [0.25, 0.3) is 0 Å². The predicted octanol–water partition coefficient (Wildman–Crippen LogP) is -0.951. The third kappa shape index (κ3) is 1.62. The van der Waals surface area contributed by atoms with Gasteiger partial charge in [-0.05, 0) is 0 Å². The van der Waals surface area contributed by atoms with Crippen LogP contribution in [0.5, 0.6) is 0 Å². The smallest absolute Gasteiger partial charge is 0.167 e. The molecular formula is C10H13N5O3. The Morgan fingerprint density at radius 1 is 1.44 bits per heavy atom. The molecule has 2 aromatic rings. The summed E-state index contributed by atoms with van der Waals surface area (Å²) in [5.41, 5.74) is 6.66. The van der Waals surface area contributed by atoms with E-state index in [1.165, 1.54) is 12.7 Å². The van der Waals surface area contributed by atoms with Crippen molar-refractivity contribution < 1.29 is 14.9 Å². The van der Waals surface area contributed by atoms with Gasteiger partial charge in [0.2, 0.25) is 0 Å². The molecule has 0 bridgehead atoms. The van der Waals surface area contributed by atoms with Crippen molar-refractivity contribution in [2.24, 2.45) is 0 Å². The zero-order valence-electron chi connectivity index (χ0n) is 9.47. The fourth-order valence-electron chi connectivity index (χ4n) is 2.15. The molecule has 8 nitrogen and oxygen atoms in total. The summed E-state index contributed by atoms with van der Waals surface area (Å²) in [4.78, 5) is 12.0. The Morgan fingerprint density at radius 3 is 3.00 bits per heavy atom. The normalized spacial score (nSPS) is 28.0. The van der Waals surface area contributed by atoms with Crippen molar-refractivity contribution in [3.8, 4) is 0 Å². The highest BCUT2D eigenvalue weighted by Gasteiger charge is 2.35. The zero-order chi connectivity index (χ0) is 12.7. The van der Waals surface area contributed by atoms with Gasteiger partial charge in [0, 0.05) is 6.42 Å². The Hall–Kier alpha value is -1.77. The highest BCUT2D eigenvalue weighted by Crippen LogP contribution is 2.31. The average Bonchev–Trinajstić information content (AvgIpc) is 2.93. The van der Waals surface area contributed by atoms with Crippen LogP contribution in [0.15, 0.2) is 12.7 Å². The number of hydrogen-bond donors (Lipinski definition) is 3. The summed E-state index contributed by atoms with van der Waals surface area (Å²) in [5, 5.41) is 19.0. The van der Waals surface area contributed by atoms with Gasteiger partial charge in [-0.1, -0.05) is 0 Å². The van der Waals surface area contributed by atoms with Crippen molar-refractivity contribution in [1.29, 1.82) is 0 Å². The quantitative estimate of drug-likeness (QED) is 0.629. The molecule has 0 saturated carbocycles. The van der Waals surface area contributed by atoms with Gasteiger partial charge in [0.15, 0.2) is 17.7 Å². The lowest BCUT2D eigenvalue weighted by Gasteiger charge is -2.16. The van der Waals surface area contributed by atoms with E-state index in [1.807, 2.05) is 0 Å². The summed E-state index contributed by atoms with van der Waals surface area (Å²) in [5.74, 6) is 0.282. The second kappa shape index (κ2) is 4.16. The van der Waals surface area contributed by atoms with Crippen molar-refractivity contribution in [3.05, 3.63) is 12.7 Å². The van der Waals surface area contributed by atoms with E-state index in [4.69, 9.17) is 15.6 Å². The van der Waals surface area contributed by atoms with Crippen LogP contribution in [0.1, 0.15) is 12.6 Å². The van der Waals surface area contributed by atoms with Gasteiger partial charge in [0.05, 0.1) is 19.0 Å². The minimum Gasteiger partial charge on any atom is -0.394 e. The summed E-state index contributed by atoms with van der Waals surface area (Å²) in [6, 6.07) is 0. The molecule has 0 aliphatic carbocycles. The molecule has 3 rings (SSSR count). The van der Waals surface area contributed by atoms with Crippen molar-refractivity contribution >= 4 is 17.0 Å². The maximum atomic E-state index is 9.93. The number of nitrogens with zero attached hydrogens (tertiary/aromatic N) is 4. The molecule has 8 heteroatoms. The van der Waals surface area contributed by atoms with Crippen LogP contribution in [-0.4, -0.2) is 48.5 Å². The number of aliphatic hydroxyl groups excluding tert-OH is 2. The second-order valence-electron chi connectivity index (χ2n) is 4.22. The highest BCUT2D eigenvalue weighted by atomic mass is 16.5. The minimum atomic E-state index is -0.712. The first-order valence-electron chi connectivity index (χ1n) is 5.58. The first-order chi connectivity index (χ1) is 8.70. The number of anilines is 1. The highest BCUT2D eigenvalue weighted by molar-refractivity contribution is 5.81. The molecule has 3 atom stereocenters. The fraction of sp³-hybridized carbons (Fsp3) is 0.500. The van der Waals surface area contributed by atoms with E-state index in [-0.39, 0.29) is 18.5 Å². The van der Waals surface area contributed by atoms with Crippen molar-refractivity contribution in [2.45, 2.75) is 24.9 Å². The molecule has 1 unspecified atom stereocenters. The molecule has 18 heavy (non-hydrogen) atoms. The van der Waals surface area contributed by atoms with Crippen LogP contribution in [-0.2, 0) is 4.74 Å². The van der Waals surface area contributed by atoms with Crippen LogP contribution < -0.4 is 5.73 Å². The second-order valence-corrected chi connectivity index (χ2v) is 4.22. The molecule has 1 aliphatic rings. The lowest BCUT2D eigenvalue weighted by molar-refractivity contribution is -0.0486. The number of nitrogens with two attached hydrogens (primary N) is 1. The van der Waals surface area contributed by atoms with Gasteiger partial charge in [-0.25, -0.2) is 15.0 Å². The Bertz CT molecular complexity index is 572. The molecule has 96 valence electrons. The Labute approximate surface area is 102 Å². The Balaban J connectivity index is 2.02. The van der Waals surface area contributed by atoms with Gasteiger partial charge >= 0.3 is 0 Å². The van der Waals surface area contributed by atoms with E-state index >= 15 is 0 Å². The lowest BCUT2D eigenvalue weighted by Crippen LogP contribution is -2.19. The summed E-state index contributed by atoms with van der Waals surface area (Å²) in [7, 11) is 0. The van der Waals surface area contributed by atoms with Gasteiger partial charge in [-0.15, -0.1) is 0 Å². The molecule has 0 aromatic carbocycles. The summed E-state index contributed by atoms with van der Waals surface area (Å²) in [6.07, 6.45) is 1.52. The number of ether oxygens (including phenoxy) is 1. The zero-order valence-corrected chi connectivity index (χ0v) is 9.47. The molecule has 0 spiro atoms. The van der Waals surface area contributed by atoms with E-state index in [0.29, 0.717) is 17.6 Å².